The van der Waals surface area contributed by atoms with Gasteiger partial charge in [0.1, 0.15) is 10.5 Å². The Morgan fingerprint density at radius 1 is 1.39 bits per heavy atom. The largest absolute Gasteiger partial charge is 0.346 e. The highest BCUT2D eigenvalue weighted by Gasteiger charge is 2.08. The summed E-state index contributed by atoms with van der Waals surface area (Å²) in [6.07, 6.45) is 3.46. The van der Waals surface area contributed by atoms with Crippen LogP contribution >= 0.6 is 12.2 Å². The molecule has 0 bridgehead atoms. The van der Waals surface area contributed by atoms with Gasteiger partial charge in [0, 0.05) is 5.56 Å². The van der Waals surface area contributed by atoms with E-state index in [1.807, 2.05) is 6.07 Å². The molecule has 0 saturated heterocycles. The molecule has 2 nitrogen and oxygen atoms in total. The third kappa shape index (κ3) is 2.48. The monoisotopic (exact) mass is 262 g/mol. The number of nitrogens with one attached hydrogen (secondary N) is 1. The van der Waals surface area contributed by atoms with E-state index in [-0.39, 0.29) is 5.82 Å². The number of benzene rings is 1. The fourth-order valence-corrected chi connectivity index (χ4v) is 2.22. The Kier molecular flexibility index (Phi) is 3.87. The van der Waals surface area contributed by atoms with Gasteiger partial charge in [0.25, 0.3) is 0 Å². The van der Waals surface area contributed by atoms with Gasteiger partial charge in [0.05, 0.1) is 12.0 Å². The zero-order valence-electron chi connectivity index (χ0n) is 10.5. The molecule has 1 aromatic heterocycles. The summed E-state index contributed by atoms with van der Waals surface area (Å²) in [4.78, 5) is 7.23. The first-order valence-corrected chi connectivity index (χ1v) is 6.37. The minimum Gasteiger partial charge on any atom is -0.346 e. The molecule has 2 rings (SSSR count). The van der Waals surface area contributed by atoms with Gasteiger partial charge in [-0.2, -0.15) is 0 Å². The molecule has 0 aliphatic heterocycles. The molecule has 1 N–H and O–H groups in total. The van der Waals surface area contributed by atoms with Crippen molar-refractivity contribution in [3.63, 3.8) is 0 Å². The van der Waals surface area contributed by atoms with E-state index in [4.69, 9.17) is 12.2 Å². The van der Waals surface area contributed by atoms with E-state index in [0.717, 1.165) is 29.7 Å². The lowest BCUT2D eigenvalue weighted by Gasteiger charge is -2.09. The van der Waals surface area contributed by atoms with Gasteiger partial charge < -0.3 is 4.98 Å². The number of hydrogen-bond donors (Lipinski definition) is 1. The third-order valence-corrected chi connectivity index (χ3v) is 3.25. The van der Waals surface area contributed by atoms with Gasteiger partial charge in [0.2, 0.25) is 0 Å². The van der Waals surface area contributed by atoms with Crippen molar-refractivity contribution in [2.24, 2.45) is 0 Å². The second-order valence-electron chi connectivity index (χ2n) is 4.28. The van der Waals surface area contributed by atoms with Crippen LogP contribution < -0.4 is 0 Å². The molecule has 94 valence electrons. The molecule has 0 aliphatic carbocycles. The molecular formula is C14H15FN2S. The predicted octanol–water partition coefficient (Wildman–Crippen LogP) is 4.21. The highest BCUT2D eigenvalue weighted by molar-refractivity contribution is 7.71. The van der Waals surface area contributed by atoms with Gasteiger partial charge >= 0.3 is 0 Å². The minimum atomic E-state index is -0.191. The summed E-state index contributed by atoms with van der Waals surface area (Å²) in [6.45, 7) is 3.86. The van der Waals surface area contributed by atoms with Gasteiger partial charge in [-0.3, -0.25) is 0 Å². The summed E-state index contributed by atoms with van der Waals surface area (Å²) >= 11 is 5.26. The average Bonchev–Trinajstić information content (AvgIpc) is 2.35. The quantitative estimate of drug-likeness (QED) is 0.839. The fraction of sp³-hybridized carbons (Fsp3) is 0.286. The third-order valence-electron chi connectivity index (χ3n) is 2.90. The van der Waals surface area contributed by atoms with Crippen LogP contribution in [0.3, 0.4) is 0 Å². The Labute approximate surface area is 111 Å². The highest BCUT2D eigenvalue weighted by Crippen LogP contribution is 2.24. The van der Waals surface area contributed by atoms with Gasteiger partial charge in [-0.15, -0.1) is 0 Å². The van der Waals surface area contributed by atoms with E-state index in [1.165, 1.54) is 6.07 Å². The van der Waals surface area contributed by atoms with Crippen LogP contribution in [0, 0.1) is 17.4 Å². The molecular weight excluding hydrogens is 247 g/mol. The van der Waals surface area contributed by atoms with E-state index in [9.17, 15) is 4.39 Å². The Hall–Kier alpha value is -1.55. The molecule has 0 spiro atoms. The first kappa shape index (κ1) is 12.9. The zero-order chi connectivity index (χ0) is 13.1. The Morgan fingerprint density at radius 2 is 2.17 bits per heavy atom. The molecule has 0 unspecified atom stereocenters. The van der Waals surface area contributed by atoms with Gasteiger partial charge in [-0.05, 0) is 42.7 Å². The standard InChI is InChI=1S/C14H15FN2S/c1-3-4-11-13(16-8-17-14(11)18)10-5-6-12(15)9(2)7-10/h5-8H,3-4H2,1-2H3,(H,16,17,18). The number of aromatic nitrogens is 2. The number of hydrogen-bond acceptors (Lipinski definition) is 2. The van der Waals surface area contributed by atoms with E-state index in [0.29, 0.717) is 10.2 Å². The average molecular weight is 262 g/mol. The summed E-state index contributed by atoms with van der Waals surface area (Å²) in [5.41, 5.74) is 3.55. The Morgan fingerprint density at radius 3 is 2.83 bits per heavy atom. The van der Waals surface area contributed by atoms with Crippen LogP contribution in [0.1, 0.15) is 24.5 Å². The molecule has 0 saturated carbocycles. The lowest BCUT2D eigenvalue weighted by atomic mass is 10.0. The van der Waals surface area contributed by atoms with Crippen molar-refractivity contribution in [3.05, 3.63) is 46.1 Å². The number of halogens is 1. The van der Waals surface area contributed by atoms with Crippen molar-refractivity contribution >= 4 is 12.2 Å². The number of nitrogens with zero attached hydrogens (tertiary/aromatic N) is 1. The molecule has 2 aromatic rings. The van der Waals surface area contributed by atoms with Crippen molar-refractivity contribution in [1.29, 1.82) is 0 Å². The van der Waals surface area contributed by atoms with Crippen LogP contribution in [0.4, 0.5) is 4.39 Å². The van der Waals surface area contributed by atoms with Crippen molar-refractivity contribution in [2.75, 3.05) is 0 Å². The van der Waals surface area contributed by atoms with Crippen LogP contribution in [-0.2, 0) is 6.42 Å². The van der Waals surface area contributed by atoms with Crippen molar-refractivity contribution < 1.29 is 4.39 Å². The predicted molar refractivity (Wildman–Crippen MR) is 73.5 cm³/mol. The summed E-state index contributed by atoms with van der Waals surface area (Å²) in [5.74, 6) is -0.191. The van der Waals surface area contributed by atoms with Crippen LogP contribution in [0.25, 0.3) is 11.3 Å². The summed E-state index contributed by atoms with van der Waals surface area (Å²) in [5, 5.41) is 0. The summed E-state index contributed by atoms with van der Waals surface area (Å²) < 4.78 is 13.9. The number of aromatic amines is 1. The van der Waals surface area contributed by atoms with Crippen molar-refractivity contribution in [3.8, 4) is 11.3 Å². The Balaban J connectivity index is 2.59. The van der Waals surface area contributed by atoms with E-state index >= 15 is 0 Å². The molecule has 1 heterocycles. The van der Waals surface area contributed by atoms with Crippen molar-refractivity contribution in [2.45, 2.75) is 26.7 Å². The fourth-order valence-electron chi connectivity index (χ4n) is 1.97. The maximum Gasteiger partial charge on any atom is 0.133 e. The highest BCUT2D eigenvalue weighted by atomic mass is 32.1. The molecule has 1 aromatic carbocycles. The first-order chi connectivity index (χ1) is 8.63. The van der Waals surface area contributed by atoms with E-state index in [2.05, 4.69) is 16.9 Å². The molecule has 0 atom stereocenters. The Bertz CT molecular complexity index is 619. The van der Waals surface area contributed by atoms with E-state index < -0.39 is 0 Å². The summed E-state index contributed by atoms with van der Waals surface area (Å²) in [7, 11) is 0. The lowest BCUT2D eigenvalue weighted by molar-refractivity contribution is 0.618. The molecule has 0 fully saturated rings. The van der Waals surface area contributed by atoms with Crippen LogP contribution in [-0.4, -0.2) is 9.97 Å². The smallest absolute Gasteiger partial charge is 0.133 e. The number of rotatable bonds is 3. The molecule has 18 heavy (non-hydrogen) atoms. The summed E-state index contributed by atoms with van der Waals surface area (Å²) in [6, 6.07) is 5.08. The maximum atomic E-state index is 13.3. The molecule has 0 radical (unpaired) electrons. The molecule has 0 aliphatic rings. The topological polar surface area (TPSA) is 28.7 Å². The number of aryl methyl sites for hydroxylation is 1. The zero-order valence-corrected chi connectivity index (χ0v) is 11.3. The van der Waals surface area contributed by atoms with Gasteiger partial charge in [-0.1, -0.05) is 25.6 Å². The van der Waals surface area contributed by atoms with Crippen LogP contribution in [0.2, 0.25) is 0 Å². The van der Waals surface area contributed by atoms with E-state index in [1.54, 1.807) is 19.3 Å². The first-order valence-electron chi connectivity index (χ1n) is 5.96. The second kappa shape index (κ2) is 5.40. The SMILES string of the molecule is CCCc1c(-c2ccc(F)c(C)c2)[nH]cnc1=S. The lowest BCUT2D eigenvalue weighted by Crippen LogP contribution is -1.97. The van der Waals surface area contributed by atoms with Gasteiger partial charge in [-0.25, -0.2) is 9.37 Å². The second-order valence-corrected chi connectivity index (χ2v) is 4.66. The number of H-pyrrole nitrogens is 1. The normalized spacial score (nSPS) is 10.6. The molecule has 0 amide bonds. The minimum absolute atomic E-state index is 0.191. The van der Waals surface area contributed by atoms with Crippen LogP contribution in [0.5, 0.6) is 0 Å². The molecule has 4 heteroatoms. The van der Waals surface area contributed by atoms with Crippen molar-refractivity contribution in [1.82, 2.24) is 9.97 Å². The van der Waals surface area contributed by atoms with Crippen LogP contribution in [0.15, 0.2) is 24.5 Å². The van der Waals surface area contributed by atoms with Gasteiger partial charge in [0.15, 0.2) is 0 Å². The maximum absolute atomic E-state index is 13.3.